The van der Waals surface area contributed by atoms with Crippen molar-refractivity contribution in [1.82, 2.24) is 0 Å². The summed E-state index contributed by atoms with van der Waals surface area (Å²) in [6.45, 7) is 0. The zero-order valence-corrected chi connectivity index (χ0v) is 13.5. The largest absolute Gasteiger partial charge is 0.459 e. The fourth-order valence-corrected chi connectivity index (χ4v) is 3.63. The van der Waals surface area contributed by atoms with Crippen molar-refractivity contribution in [1.29, 1.82) is 0 Å². The van der Waals surface area contributed by atoms with Gasteiger partial charge >= 0.3 is 0 Å². The highest BCUT2D eigenvalue weighted by Gasteiger charge is 2.15. The van der Waals surface area contributed by atoms with Crippen molar-refractivity contribution in [2.45, 2.75) is 10.6 Å². The molecule has 1 N–H and O–H groups in total. The van der Waals surface area contributed by atoms with Crippen LogP contribution in [0.3, 0.4) is 0 Å². The van der Waals surface area contributed by atoms with Gasteiger partial charge in [0.15, 0.2) is 15.6 Å². The van der Waals surface area contributed by atoms with E-state index in [1.54, 1.807) is 66.7 Å². The van der Waals surface area contributed by atoms with Crippen molar-refractivity contribution in [2.24, 2.45) is 0 Å². The first-order valence-corrected chi connectivity index (χ1v) is 8.91. The van der Waals surface area contributed by atoms with Crippen molar-refractivity contribution in [3.8, 4) is 0 Å². The lowest BCUT2D eigenvalue weighted by Crippen LogP contribution is -2.11. The number of hydrogen-bond donors (Lipinski definition) is 1. The molecule has 3 aromatic rings. The molecular weight excluding hydrogens is 326 g/mol. The summed E-state index contributed by atoms with van der Waals surface area (Å²) in [5.74, 6) is -0.332. The number of carbonyl (C=O) groups is 1. The van der Waals surface area contributed by atoms with Crippen LogP contribution in [0.25, 0.3) is 0 Å². The van der Waals surface area contributed by atoms with Crippen LogP contribution in [0.15, 0.2) is 82.3 Å². The Morgan fingerprint density at radius 1 is 0.958 bits per heavy atom. The van der Waals surface area contributed by atoms with Crippen LogP contribution in [-0.4, -0.2) is 14.3 Å². The normalized spacial score (nSPS) is 11.2. The first kappa shape index (κ1) is 16.0. The van der Waals surface area contributed by atoms with Crippen molar-refractivity contribution in [3.05, 3.63) is 84.3 Å². The number of hydrogen-bond acceptors (Lipinski definition) is 4. The van der Waals surface area contributed by atoms with Gasteiger partial charge in [0.2, 0.25) is 0 Å². The van der Waals surface area contributed by atoms with Gasteiger partial charge in [0, 0.05) is 5.69 Å². The average Bonchev–Trinajstić information content (AvgIpc) is 3.10. The lowest BCUT2D eigenvalue weighted by molar-refractivity contribution is 0.0996. The van der Waals surface area contributed by atoms with E-state index in [0.717, 1.165) is 0 Å². The Morgan fingerprint density at radius 3 is 2.46 bits per heavy atom. The maximum absolute atomic E-state index is 12.4. The van der Waals surface area contributed by atoms with Crippen LogP contribution in [0.2, 0.25) is 0 Å². The van der Waals surface area contributed by atoms with Crippen LogP contribution in [0.5, 0.6) is 0 Å². The van der Waals surface area contributed by atoms with E-state index in [1.165, 1.54) is 6.26 Å². The lowest BCUT2D eigenvalue weighted by Gasteiger charge is -2.08. The minimum atomic E-state index is -3.43. The van der Waals surface area contributed by atoms with Gasteiger partial charge in [0.05, 0.1) is 16.9 Å². The van der Waals surface area contributed by atoms with Gasteiger partial charge in [-0.25, -0.2) is 8.42 Å². The highest BCUT2D eigenvalue weighted by Crippen LogP contribution is 2.19. The zero-order chi connectivity index (χ0) is 17.0. The standard InChI is InChI=1S/C18H15NO4S/c20-18(17-10-5-11-23-17)19-15-7-4-6-14(12-15)13-24(21,22)16-8-2-1-3-9-16/h1-12H,13H2,(H,19,20). The third-order valence-electron chi connectivity index (χ3n) is 3.39. The van der Waals surface area contributed by atoms with E-state index < -0.39 is 9.84 Å². The SMILES string of the molecule is O=C(Nc1cccc(CS(=O)(=O)c2ccccc2)c1)c1ccco1. The molecule has 1 amide bonds. The Kier molecular flexibility index (Phi) is 4.48. The van der Waals surface area contributed by atoms with Crippen LogP contribution in [-0.2, 0) is 15.6 Å². The van der Waals surface area contributed by atoms with E-state index in [-0.39, 0.29) is 22.3 Å². The summed E-state index contributed by atoms with van der Waals surface area (Å²) in [5, 5.41) is 2.68. The predicted molar refractivity (Wildman–Crippen MR) is 90.4 cm³/mol. The summed E-state index contributed by atoms with van der Waals surface area (Å²) in [5.41, 5.74) is 1.10. The molecule has 2 aromatic carbocycles. The zero-order valence-electron chi connectivity index (χ0n) is 12.7. The van der Waals surface area contributed by atoms with Crippen LogP contribution < -0.4 is 5.32 Å². The predicted octanol–water partition coefficient (Wildman–Crippen LogP) is 3.51. The van der Waals surface area contributed by atoms with Crippen molar-refractivity contribution in [3.63, 3.8) is 0 Å². The first-order valence-electron chi connectivity index (χ1n) is 7.26. The smallest absolute Gasteiger partial charge is 0.291 e. The van der Waals surface area contributed by atoms with Gasteiger partial charge < -0.3 is 9.73 Å². The Hall–Kier alpha value is -2.86. The van der Waals surface area contributed by atoms with Crippen molar-refractivity contribution < 1.29 is 17.6 Å². The summed E-state index contributed by atoms with van der Waals surface area (Å²) in [4.78, 5) is 12.2. The Labute approximate surface area is 139 Å². The summed E-state index contributed by atoms with van der Waals surface area (Å²) >= 11 is 0. The Morgan fingerprint density at radius 2 is 1.75 bits per heavy atom. The number of carbonyl (C=O) groups excluding carboxylic acids is 1. The summed E-state index contributed by atoms with van der Waals surface area (Å²) < 4.78 is 29.9. The van der Waals surface area contributed by atoms with Gasteiger partial charge in [-0.2, -0.15) is 0 Å². The van der Waals surface area contributed by atoms with Crippen molar-refractivity contribution >= 4 is 21.4 Å². The molecule has 0 saturated heterocycles. The molecule has 0 aliphatic carbocycles. The third-order valence-corrected chi connectivity index (χ3v) is 5.09. The topological polar surface area (TPSA) is 76.4 Å². The number of rotatable bonds is 5. The molecular formula is C18H15NO4S. The van der Waals surface area contributed by atoms with Gasteiger partial charge in [-0.1, -0.05) is 30.3 Å². The second kappa shape index (κ2) is 6.72. The third kappa shape index (κ3) is 3.72. The van der Waals surface area contributed by atoms with Gasteiger partial charge in [0.25, 0.3) is 5.91 Å². The molecule has 0 radical (unpaired) electrons. The van der Waals surface area contributed by atoms with E-state index in [2.05, 4.69) is 5.32 Å². The molecule has 0 aliphatic rings. The van der Waals surface area contributed by atoms with Crippen LogP contribution in [0.1, 0.15) is 16.1 Å². The van der Waals surface area contributed by atoms with E-state index in [0.29, 0.717) is 11.3 Å². The van der Waals surface area contributed by atoms with Gasteiger partial charge in [-0.15, -0.1) is 0 Å². The lowest BCUT2D eigenvalue weighted by atomic mass is 10.2. The maximum Gasteiger partial charge on any atom is 0.291 e. The number of benzene rings is 2. The molecule has 0 atom stereocenters. The van der Waals surface area contributed by atoms with Crippen LogP contribution in [0.4, 0.5) is 5.69 Å². The maximum atomic E-state index is 12.4. The molecule has 6 heteroatoms. The van der Waals surface area contributed by atoms with Crippen molar-refractivity contribution in [2.75, 3.05) is 5.32 Å². The molecule has 0 fully saturated rings. The highest BCUT2D eigenvalue weighted by atomic mass is 32.2. The van der Waals surface area contributed by atoms with E-state index >= 15 is 0 Å². The number of amides is 1. The number of furan rings is 1. The number of sulfone groups is 1. The molecule has 1 heterocycles. The van der Waals surface area contributed by atoms with Crippen LogP contribution >= 0.6 is 0 Å². The minimum Gasteiger partial charge on any atom is -0.459 e. The average molecular weight is 341 g/mol. The molecule has 0 spiro atoms. The molecule has 1 aromatic heterocycles. The van der Waals surface area contributed by atoms with E-state index in [9.17, 15) is 13.2 Å². The molecule has 0 aliphatic heterocycles. The fourth-order valence-electron chi connectivity index (χ4n) is 2.27. The minimum absolute atomic E-state index is 0.137. The fraction of sp³-hybridized carbons (Fsp3) is 0.0556. The van der Waals surface area contributed by atoms with Gasteiger partial charge in [0.1, 0.15) is 0 Å². The monoisotopic (exact) mass is 341 g/mol. The molecule has 0 unspecified atom stereocenters. The summed E-state index contributed by atoms with van der Waals surface area (Å²) in [7, 11) is -3.43. The molecule has 5 nitrogen and oxygen atoms in total. The molecule has 0 bridgehead atoms. The van der Waals surface area contributed by atoms with E-state index in [1.807, 2.05) is 0 Å². The number of anilines is 1. The second-order valence-electron chi connectivity index (χ2n) is 5.20. The second-order valence-corrected chi connectivity index (χ2v) is 7.19. The highest BCUT2D eigenvalue weighted by molar-refractivity contribution is 7.90. The molecule has 0 saturated carbocycles. The molecule has 24 heavy (non-hydrogen) atoms. The van der Waals surface area contributed by atoms with Gasteiger partial charge in [-0.05, 0) is 42.0 Å². The summed E-state index contributed by atoms with van der Waals surface area (Å²) in [6, 6.07) is 18.2. The number of nitrogens with one attached hydrogen (secondary N) is 1. The van der Waals surface area contributed by atoms with E-state index in [4.69, 9.17) is 4.42 Å². The quantitative estimate of drug-likeness (QED) is 0.770. The molecule has 3 rings (SSSR count). The Bertz CT molecular complexity index is 932. The van der Waals surface area contributed by atoms with Gasteiger partial charge in [-0.3, -0.25) is 4.79 Å². The first-order chi connectivity index (χ1) is 11.5. The van der Waals surface area contributed by atoms with Crippen LogP contribution in [0, 0.1) is 0 Å². The summed E-state index contributed by atoms with van der Waals surface area (Å²) in [6.07, 6.45) is 1.41. The molecule has 122 valence electrons. The Balaban J connectivity index is 1.77.